The fourth-order valence-corrected chi connectivity index (χ4v) is 7.78. The van der Waals surface area contributed by atoms with E-state index < -0.39 is 10.0 Å². The highest BCUT2D eigenvalue weighted by atomic mass is 32.2. The van der Waals surface area contributed by atoms with E-state index in [0.717, 1.165) is 6.42 Å². The van der Waals surface area contributed by atoms with Crippen LogP contribution in [0.3, 0.4) is 0 Å². The minimum absolute atomic E-state index is 0.0401. The van der Waals surface area contributed by atoms with Crippen molar-refractivity contribution in [3.8, 4) is 10.7 Å². The van der Waals surface area contributed by atoms with Gasteiger partial charge in [0.25, 0.3) is 0 Å². The smallest absolute Gasteiger partial charge is 0.244 e. The summed E-state index contributed by atoms with van der Waals surface area (Å²) < 4.78 is 33.6. The van der Waals surface area contributed by atoms with Gasteiger partial charge in [-0.15, -0.1) is 11.3 Å². The van der Waals surface area contributed by atoms with Crippen LogP contribution in [0.15, 0.2) is 51.9 Å². The summed E-state index contributed by atoms with van der Waals surface area (Å²) in [7, 11) is -3.74. The predicted molar refractivity (Wildman–Crippen MR) is 134 cm³/mol. The van der Waals surface area contributed by atoms with Crippen LogP contribution < -0.4 is 0 Å². The minimum Gasteiger partial charge on any atom is -0.339 e. The summed E-state index contributed by atoms with van der Waals surface area (Å²) in [6, 6.07) is 11.8. The van der Waals surface area contributed by atoms with E-state index >= 15 is 0 Å². The molecule has 0 saturated carbocycles. The Bertz CT molecular complexity index is 1360. The topological polar surface area (TPSA) is 96.6 Å². The van der Waals surface area contributed by atoms with Gasteiger partial charge in [0.05, 0.1) is 15.7 Å². The third kappa shape index (κ3) is 4.82. The average Bonchev–Trinajstić information content (AvgIpc) is 3.50. The van der Waals surface area contributed by atoms with Crippen molar-refractivity contribution in [3.63, 3.8) is 0 Å². The number of sulfonamides is 1. The molecule has 0 bridgehead atoms. The monoisotopic (exact) mass is 512 g/mol. The average molecular weight is 513 g/mol. The Kier molecular flexibility index (Phi) is 6.61. The lowest BCUT2D eigenvalue weighted by molar-refractivity contribution is -0.136. The first-order valence-electron chi connectivity index (χ1n) is 11.8. The highest BCUT2D eigenvalue weighted by molar-refractivity contribution is 7.89. The molecule has 184 valence electrons. The first-order valence-corrected chi connectivity index (χ1v) is 14.0. The van der Waals surface area contributed by atoms with Gasteiger partial charge in [0.2, 0.25) is 27.6 Å². The molecule has 4 heterocycles. The molecule has 10 heteroatoms. The van der Waals surface area contributed by atoms with Crippen LogP contribution in [0.4, 0.5) is 0 Å². The number of benzene rings is 1. The summed E-state index contributed by atoms with van der Waals surface area (Å²) in [6.45, 7) is 5.31. The number of aryl methyl sites for hydroxylation is 2. The fourth-order valence-electron chi connectivity index (χ4n) is 4.77. The number of amides is 1. The number of hydrogen-bond acceptors (Lipinski definition) is 7. The van der Waals surface area contributed by atoms with Crippen molar-refractivity contribution in [3.05, 3.63) is 58.8 Å². The van der Waals surface area contributed by atoms with Gasteiger partial charge in [-0.1, -0.05) is 41.6 Å². The molecule has 2 aromatic heterocycles. The standard InChI is InChI=1S/C25H28N4O4S2/c1-17-23(15-22(34-17)24-26-18(2)33-27-24)35(31,32)29-12-6-9-21(16-29)25(30)28-13-10-20(11-14-28)19-7-4-3-5-8-19/h3-5,7-8,10,15,21H,6,9,11-14,16H2,1-2H3/t21-/m0/s1. The number of carbonyl (C=O) groups is 1. The molecular weight excluding hydrogens is 484 g/mol. The first-order chi connectivity index (χ1) is 16.8. The number of hydrogen-bond donors (Lipinski definition) is 0. The second-order valence-corrected chi connectivity index (χ2v) is 12.2. The molecular formula is C25H28N4O4S2. The molecule has 0 radical (unpaired) electrons. The van der Waals surface area contributed by atoms with Gasteiger partial charge >= 0.3 is 0 Å². The zero-order valence-corrected chi connectivity index (χ0v) is 21.4. The summed E-state index contributed by atoms with van der Waals surface area (Å²) in [6.07, 6.45) is 4.28. The van der Waals surface area contributed by atoms with Crippen LogP contribution in [0, 0.1) is 19.8 Å². The third-order valence-corrected chi connectivity index (χ3v) is 9.80. The lowest BCUT2D eigenvalue weighted by atomic mass is 9.95. The van der Waals surface area contributed by atoms with E-state index in [9.17, 15) is 13.2 Å². The van der Waals surface area contributed by atoms with Gasteiger partial charge < -0.3 is 9.42 Å². The van der Waals surface area contributed by atoms with Gasteiger partial charge in [0.1, 0.15) is 0 Å². The molecule has 3 aromatic rings. The van der Waals surface area contributed by atoms with E-state index in [1.54, 1.807) is 19.9 Å². The molecule has 0 unspecified atom stereocenters. The van der Waals surface area contributed by atoms with Gasteiger partial charge in [-0.3, -0.25) is 4.79 Å². The molecule has 1 aromatic carbocycles. The maximum Gasteiger partial charge on any atom is 0.244 e. The molecule has 0 aliphatic carbocycles. The lowest BCUT2D eigenvalue weighted by Gasteiger charge is -2.35. The Balaban J connectivity index is 1.29. The van der Waals surface area contributed by atoms with Crippen LogP contribution in [-0.2, 0) is 14.8 Å². The maximum absolute atomic E-state index is 13.5. The highest BCUT2D eigenvalue weighted by Gasteiger charge is 2.36. The number of nitrogens with zero attached hydrogens (tertiary/aromatic N) is 4. The molecule has 2 aliphatic rings. The molecule has 0 spiro atoms. The molecule has 8 nitrogen and oxygen atoms in total. The molecule has 0 N–H and O–H groups in total. The van der Waals surface area contributed by atoms with E-state index in [-0.39, 0.29) is 23.3 Å². The van der Waals surface area contributed by atoms with Crippen LogP contribution in [0.1, 0.15) is 35.6 Å². The van der Waals surface area contributed by atoms with Crippen LogP contribution >= 0.6 is 11.3 Å². The number of carbonyl (C=O) groups excluding carboxylic acids is 1. The van der Waals surface area contributed by atoms with Crippen molar-refractivity contribution in [1.29, 1.82) is 0 Å². The Morgan fingerprint density at radius 3 is 2.66 bits per heavy atom. The minimum atomic E-state index is -3.74. The van der Waals surface area contributed by atoms with E-state index in [2.05, 4.69) is 28.3 Å². The lowest BCUT2D eigenvalue weighted by Crippen LogP contribution is -2.47. The summed E-state index contributed by atoms with van der Waals surface area (Å²) in [5.41, 5.74) is 2.44. The molecule has 5 rings (SSSR count). The van der Waals surface area contributed by atoms with Crippen LogP contribution in [0.2, 0.25) is 0 Å². The fraction of sp³-hybridized carbons (Fsp3) is 0.400. The summed E-state index contributed by atoms with van der Waals surface area (Å²) in [4.78, 5) is 21.0. The van der Waals surface area contributed by atoms with Gasteiger partial charge in [-0.25, -0.2) is 8.42 Å². The summed E-state index contributed by atoms with van der Waals surface area (Å²) in [5.74, 6) is 0.523. The molecule has 1 atom stereocenters. The molecule has 35 heavy (non-hydrogen) atoms. The van der Waals surface area contributed by atoms with Crippen molar-refractivity contribution < 1.29 is 17.7 Å². The SMILES string of the molecule is Cc1nc(-c2cc(S(=O)(=O)N3CCC[C@H](C(=O)N4CC=C(c5ccccc5)CC4)C3)c(C)s2)no1. The second-order valence-electron chi connectivity index (χ2n) is 9.00. The number of rotatable bonds is 5. The number of aromatic nitrogens is 2. The Morgan fingerprint density at radius 1 is 1.17 bits per heavy atom. The first kappa shape index (κ1) is 23.9. The third-order valence-electron chi connectivity index (χ3n) is 6.64. The van der Waals surface area contributed by atoms with Gasteiger partial charge in [0, 0.05) is 38.0 Å². The zero-order chi connectivity index (χ0) is 24.6. The van der Waals surface area contributed by atoms with Crippen molar-refractivity contribution in [2.24, 2.45) is 5.92 Å². The van der Waals surface area contributed by atoms with Crippen molar-refractivity contribution >= 4 is 32.8 Å². The van der Waals surface area contributed by atoms with Gasteiger partial charge in [-0.05, 0) is 43.4 Å². The van der Waals surface area contributed by atoms with Crippen LogP contribution in [0.25, 0.3) is 16.3 Å². The normalized spacial score (nSPS) is 19.5. The van der Waals surface area contributed by atoms with E-state index in [4.69, 9.17) is 4.52 Å². The van der Waals surface area contributed by atoms with Crippen LogP contribution in [0.5, 0.6) is 0 Å². The predicted octanol–water partition coefficient (Wildman–Crippen LogP) is 4.13. The van der Waals surface area contributed by atoms with Crippen molar-refractivity contribution in [1.82, 2.24) is 19.3 Å². The van der Waals surface area contributed by atoms with Gasteiger partial charge in [0.15, 0.2) is 0 Å². The van der Waals surface area contributed by atoms with E-state index in [1.807, 2.05) is 23.1 Å². The summed E-state index contributed by atoms with van der Waals surface area (Å²) in [5, 5.41) is 3.91. The number of piperidine rings is 1. The molecule has 1 saturated heterocycles. The van der Waals surface area contributed by atoms with Crippen molar-refractivity contribution in [2.45, 2.75) is 38.0 Å². The molecule has 1 amide bonds. The van der Waals surface area contributed by atoms with Crippen LogP contribution in [-0.4, -0.2) is 59.8 Å². The second kappa shape index (κ2) is 9.67. The van der Waals surface area contributed by atoms with E-state index in [1.165, 1.54) is 26.8 Å². The van der Waals surface area contributed by atoms with Crippen molar-refractivity contribution in [2.75, 3.05) is 26.2 Å². The Labute approximate surface area is 209 Å². The Hall–Kier alpha value is -2.82. The van der Waals surface area contributed by atoms with E-state index in [0.29, 0.717) is 53.9 Å². The Morgan fingerprint density at radius 2 is 1.97 bits per heavy atom. The molecule has 2 aliphatic heterocycles. The highest BCUT2D eigenvalue weighted by Crippen LogP contribution is 2.35. The summed E-state index contributed by atoms with van der Waals surface area (Å²) >= 11 is 1.33. The van der Waals surface area contributed by atoms with Gasteiger partial charge in [-0.2, -0.15) is 9.29 Å². The maximum atomic E-state index is 13.5. The molecule has 1 fully saturated rings. The largest absolute Gasteiger partial charge is 0.339 e. The number of thiophene rings is 1. The zero-order valence-electron chi connectivity index (χ0n) is 19.8. The quantitative estimate of drug-likeness (QED) is 0.510.